The van der Waals surface area contributed by atoms with Gasteiger partial charge in [0.1, 0.15) is 0 Å². The number of rotatable bonds is 5. The SMILES string of the molecule is C/C(=N\NC(=O)Cc1csc(N2CCOCC2)n1)c1ccccc1. The highest BCUT2D eigenvalue weighted by Crippen LogP contribution is 2.21. The number of amides is 1. The van der Waals surface area contributed by atoms with E-state index in [9.17, 15) is 4.79 Å². The predicted octanol–water partition coefficient (Wildman–Crippen LogP) is 2.06. The van der Waals surface area contributed by atoms with Crippen molar-refractivity contribution in [2.24, 2.45) is 5.10 Å². The van der Waals surface area contributed by atoms with Gasteiger partial charge in [-0.05, 0) is 12.5 Å². The topological polar surface area (TPSA) is 66.8 Å². The van der Waals surface area contributed by atoms with E-state index in [0.29, 0.717) is 0 Å². The normalized spacial score (nSPS) is 15.4. The highest BCUT2D eigenvalue weighted by atomic mass is 32.1. The molecule has 1 amide bonds. The molecule has 3 rings (SSSR count). The summed E-state index contributed by atoms with van der Waals surface area (Å²) in [6.07, 6.45) is 0.229. The van der Waals surface area contributed by atoms with Crippen molar-refractivity contribution in [2.45, 2.75) is 13.3 Å². The first-order valence-electron chi connectivity index (χ1n) is 7.88. The highest BCUT2D eigenvalue weighted by molar-refractivity contribution is 7.13. The van der Waals surface area contributed by atoms with E-state index >= 15 is 0 Å². The number of nitrogens with one attached hydrogen (secondary N) is 1. The number of hydrogen-bond donors (Lipinski definition) is 1. The maximum atomic E-state index is 12.0. The minimum absolute atomic E-state index is 0.163. The van der Waals surface area contributed by atoms with Gasteiger partial charge >= 0.3 is 0 Å². The molecule has 0 unspecified atom stereocenters. The smallest absolute Gasteiger partial charge is 0.246 e. The molecule has 0 saturated carbocycles. The number of hydrazone groups is 1. The van der Waals surface area contributed by atoms with Gasteiger partial charge < -0.3 is 9.64 Å². The van der Waals surface area contributed by atoms with Crippen molar-refractivity contribution in [1.82, 2.24) is 10.4 Å². The number of benzene rings is 1. The van der Waals surface area contributed by atoms with Gasteiger partial charge in [-0.3, -0.25) is 4.79 Å². The molecule has 24 heavy (non-hydrogen) atoms. The first kappa shape index (κ1) is 16.6. The van der Waals surface area contributed by atoms with E-state index in [0.717, 1.165) is 48.4 Å². The molecule has 1 N–H and O–H groups in total. The summed E-state index contributed by atoms with van der Waals surface area (Å²) in [6.45, 7) is 5.01. The van der Waals surface area contributed by atoms with Crippen LogP contribution < -0.4 is 10.3 Å². The monoisotopic (exact) mass is 344 g/mol. The average Bonchev–Trinajstić information content (AvgIpc) is 3.09. The lowest BCUT2D eigenvalue weighted by Gasteiger charge is -2.26. The quantitative estimate of drug-likeness (QED) is 0.666. The zero-order valence-corrected chi connectivity index (χ0v) is 14.4. The third-order valence-corrected chi connectivity index (χ3v) is 4.65. The van der Waals surface area contributed by atoms with Gasteiger partial charge in [-0.1, -0.05) is 30.3 Å². The maximum absolute atomic E-state index is 12.0. The van der Waals surface area contributed by atoms with Crippen LogP contribution in [0.2, 0.25) is 0 Å². The molecular weight excluding hydrogens is 324 g/mol. The molecule has 0 aliphatic carbocycles. The molecule has 1 fully saturated rings. The lowest BCUT2D eigenvalue weighted by atomic mass is 10.1. The Kier molecular flexibility index (Phi) is 5.55. The van der Waals surface area contributed by atoms with Gasteiger partial charge in [0.25, 0.3) is 0 Å². The minimum Gasteiger partial charge on any atom is -0.378 e. The summed E-state index contributed by atoms with van der Waals surface area (Å²) in [5.41, 5.74) is 5.13. The summed E-state index contributed by atoms with van der Waals surface area (Å²) in [5.74, 6) is -0.163. The van der Waals surface area contributed by atoms with Gasteiger partial charge in [0.05, 0.1) is 31.0 Å². The summed E-state index contributed by atoms with van der Waals surface area (Å²) in [6, 6.07) is 9.75. The fourth-order valence-electron chi connectivity index (χ4n) is 2.37. The molecular formula is C17H20N4O2S. The first-order valence-corrected chi connectivity index (χ1v) is 8.76. The second-order valence-electron chi connectivity index (χ2n) is 5.50. The second-order valence-corrected chi connectivity index (χ2v) is 6.33. The van der Waals surface area contributed by atoms with Crippen molar-refractivity contribution >= 4 is 28.1 Å². The second kappa shape index (κ2) is 8.03. The van der Waals surface area contributed by atoms with Crippen LogP contribution in [0.1, 0.15) is 18.2 Å². The van der Waals surface area contributed by atoms with Crippen molar-refractivity contribution in [2.75, 3.05) is 31.2 Å². The molecule has 0 atom stereocenters. The Bertz CT molecular complexity index is 708. The Morgan fingerprint density at radius 3 is 2.83 bits per heavy atom. The fourth-order valence-corrected chi connectivity index (χ4v) is 3.25. The van der Waals surface area contributed by atoms with Crippen LogP contribution in [0.15, 0.2) is 40.8 Å². The Labute approximate surface area is 145 Å². The zero-order chi connectivity index (χ0) is 16.8. The molecule has 7 heteroatoms. The predicted molar refractivity (Wildman–Crippen MR) is 95.6 cm³/mol. The molecule has 6 nitrogen and oxygen atoms in total. The number of carbonyl (C=O) groups is 1. The third-order valence-electron chi connectivity index (χ3n) is 3.70. The van der Waals surface area contributed by atoms with Gasteiger partial charge in [0.2, 0.25) is 5.91 Å². The van der Waals surface area contributed by atoms with E-state index in [1.807, 2.05) is 42.6 Å². The van der Waals surface area contributed by atoms with Crippen molar-refractivity contribution in [3.63, 3.8) is 0 Å². The largest absolute Gasteiger partial charge is 0.378 e. The molecule has 1 aliphatic heterocycles. The molecule has 2 heterocycles. The van der Waals surface area contributed by atoms with Crippen LogP contribution in [0.25, 0.3) is 0 Å². The number of thiazole rings is 1. The number of carbonyl (C=O) groups excluding carboxylic acids is 1. The molecule has 1 aromatic carbocycles. The van der Waals surface area contributed by atoms with Crippen LogP contribution in [0.3, 0.4) is 0 Å². The Hall–Kier alpha value is -2.25. The third kappa shape index (κ3) is 4.39. The molecule has 0 spiro atoms. The first-order chi connectivity index (χ1) is 11.7. The fraction of sp³-hybridized carbons (Fsp3) is 0.353. The van der Waals surface area contributed by atoms with Crippen molar-refractivity contribution < 1.29 is 9.53 Å². The molecule has 0 radical (unpaired) electrons. The Morgan fingerprint density at radius 2 is 2.08 bits per heavy atom. The summed E-state index contributed by atoms with van der Waals surface area (Å²) in [4.78, 5) is 18.8. The number of anilines is 1. The molecule has 1 aromatic heterocycles. The summed E-state index contributed by atoms with van der Waals surface area (Å²) in [5, 5.41) is 7.03. The average molecular weight is 344 g/mol. The van der Waals surface area contributed by atoms with Crippen molar-refractivity contribution in [3.8, 4) is 0 Å². The van der Waals surface area contributed by atoms with Crippen LogP contribution >= 0.6 is 11.3 Å². The standard InChI is InChI=1S/C17H20N4O2S/c1-13(14-5-3-2-4-6-14)19-20-16(22)11-15-12-24-17(18-15)21-7-9-23-10-8-21/h2-6,12H,7-11H2,1H3,(H,20,22)/b19-13+. The van der Waals surface area contributed by atoms with Crippen molar-refractivity contribution in [1.29, 1.82) is 0 Å². The van der Waals surface area contributed by atoms with E-state index in [2.05, 4.69) is 20.4 Å². The van der Waals surface area contributed by atoms with Crippen molar-refractivity contribution in [3.05, 3.63) is 47.0 Å². The maximum Gasteiger partial charge on any atom is 0.246 e. The Morgan fingerprint density at radius 1 is 1.33 bits per heavy atom. The Balaban J connectivity index is 1.54. The molecule has 126 valence electrons. The molecule has 1 saturated heterocycles. The minimum atomic E-state index is -0.163. The van der Waals surface area contributed by atoms with E-state index in [-0.39, 0.29) is 12.3 Å². The van der Waals surface area contributed by atoms with Crippen LogP contribution in [-0.2, 0) is 16.0 Å². The number of morpholine rings is 1. The van der Waals surface area contributed by atoms with Gasteiger partial charge in [-0.2, -0.15) is 5.10 Å². The number of hydrogen-bond acceptors (Lipinski definition) is 6. The van der Waals surface area contributed by atoms with Gasteiger partial charge in [-0.25, -0.2) is 10.4 Å². The lowest BCUT2D eigenvalue weighted by Crippen LogP contribution is -2.36. The number of aromatic nitrogens is 1. The van der Waals surface area contributed by atoms with Crippen LogP contribution in [-0.4, -0.2) is 42.9 Å². The van der Waals surface area contributed by atoms with E-state index in [4.69, 9.17) is 4.74 Å². The summed E-state index contributed by atoms with van der Waals surface area (Å²) in [7, 11) is 0. The summed E-state index contributed by atoms with van der Waals surface area (Å²) < 4.78 is 5.34. The lowest BCUT2D eigenvalue weighted by molar-refractivity contribution is -0.120. The zero-order valence-electron chi connectivity index (χ0n) is 13.6. The van der Waals surface area contributed by atoms with Gasteiger partial charge in [0, 0.05) is 18.5 Å². The highest BCUT2D eigenvalue weighted by Gasteiger charge is 2.15. The number of ether oxygens (including phenoxy) is 1. The van der Waals surface area contributed by atoms with Gasteiger partial charge in [-0.15, -0.1) is 11.3 Å². The summed E-state index contributed by atoms with van der Waals surface area (Å²) >= 11 is 1.56. The number of nitrogens with zero attached hydrogens (tertiary/aromatic N) is 3. The van der Waals surface area contributed by atoms with Crippen LogP contribution in [0.5, 0.6) is 0 Å². The van der Waals surface area contributed by atoms with E-state index in [1.165, 1.54) is 0 Å². The van der Waals surface area contributed by atoms with Gasteiger partial charge in [0.15, 0.2) is 5.13 Å². The van der Waals surface area contributed by atoms with Crippen LogP contribution in [0.4, 0.5) is 5.13 Å². The molecule has 1 aliphatic rings. The van der Waals surface area contributed by atoms with E-state index in [1.54, 1.807) is 11.3 Å². The van der Waals surface area contributed by atoms with E-state index < -0.39 is 0 Å². The van der Waals surface area contributed by atoms with Crippen LogP contribution in [0, 0.1) is 0 Å². The molecule has 0 bridgehead atoms. The molecule has 2 aromatic rings.